The molecule has 0 radical (unpaired) electrons. The summed E-state index contributed by atoms with van der Waals surface area (Å²) in [5.74, 6) is 0.0843. The third-order valence-electron chi connectivity index (χ3n) is 6.38. The first-order valence-electron chi connectivity index (χ1n) is 11.2. The number of fused-ring (bicyclic) bond motifs is 3. The van der Waals surface area contributed by atoms with Crippen molar-refractivity contribution in [2.45, 2.75) is 5.92 Å². The zero-order valence-corrected chi connectivity index (χ0v) is 18.8. The molecule has 0 spiro atoms. The summed E-state index contributed by atoms with van der Waals surface area (Å²) in [5, 5.41) is 1.91. The first-order chi connectivity index (χ1) is 16.3. The van der Waals surface area contributed by atoms with Crippen LogP contribution < -0.4 is 0 Å². The molecular weight excluding hydrogens is 422 g/mol. The van der Waals surface area contributed by atoms with Gasteiger partial charge in [0, 0.05) is 27.4 Å². The lowest BCUT2D eigenvalue weighted by Crippen LogP contribution is -2.00. The molecule has 0 saturated carbocycles. The van der Waals surface area contributed by atoms with Gasteiger partial charge in [-0.2, -0.15) is 0 Å². The highest BCUT2D eigenvalue weighted by molar-refractivity contribution is 6.31. The molecule has 0 amide bonds. The molecule has 2 heteroatoms. The summed E-state index contributed by atoms with van der Waals surface area (Å²) in [6, 6.07) is 38.1. The number of halogens is 1. The Morgan fingerprint density at radius 3 is 2.00 bits per heavy atom. The number of hydrogen-bond acceptors (Lipinski definition) is 0. The second-order valence-electron chi connectivity index (χ2n) is 8.40. The van der Waals surface area contributed by atoms with Crippen LogP contribution in [0.5, 0.6) is 0 Å². The Labute approximate surface area is 198 Å². The number of aromatic nitrogens is 1. The maximum Gasteiger partial charge on any atom is 0.0513 e. The predicted molar refractivity (Wildman–Crippen MR) is 140 cm³/mol. The number of allylic oxidation sites excluding steroid dienone is 3. The van der Waals surface area contributed by atoms with Crippen molar-refractivity contribution in [2.24, 2.45) is 0 Å². The van der Waals surface area contributed by atoms with Crippen molar-refractivity contribution in [3.8, 4) is 0 Å². The molecule has 1 aliphatic carbocycles. The summed E-state index contributed by atoms with van der Waals surface area (Å²) < 4.78 is 0. The fourth-order valence-corrected chi connectivity index (χ4v) is 5.01. The van der Waals surface area contributed by atoms with Gasteiger partial charge in [-0.15, -0.1) is 0 Å². The van der Waals surface area contributed by atoms with Crippen molar-refractivity contribution in [1.29, 1.82) is 0 Å². The molecule has 1 aromatic heterocycles. The Kier molecular flexibility index (Phi) is 4.97. The van der Waals surface area contributed by atoms with E-state index in [1.54, 1.807) is 0 Å². The SMILES string of the molecule is Clc1ccc2[nH]c3c(c2c1)[C@H](c1ccccc1)C=C(c1ccccc1)C=C3c1ccccc1. The van der Waals surface area contributed by atoms with E-state index in [-0.39, 0.29) is 5.92 Å². The quantitative estimate of drug-likeness (QED) is 0.287. The standard InChI is InChI=1S/C31H22ClN/c32-25-16-17-29-28(20-25)30-26(22-12-6-2-7-13-22)18-24(21-10-4-1-5-11-21)19-27(31(30)33-29)23-14-8-3-9-15-23/h1-20,26,33H/t26-/m0/s1. The van der Waals surface area contributed by atoms with Crippen LogP contribution in [0.15, 0.2) is 121 Å². The van der Waals surface area contributed by atoms with E-state index in [0.717, 1.165) is 16.2 Å². The van der Waals surface area contributed by atoms with E-state index >= 15 is 0 Å². The van der Waals surface area contributed by atoms with Gasteiger partial charge in [0.05, 0.1) is 5.69 Å². The highest BCUT2D eigenvalue weighted by Gasteiger charge is 2.27. The van der Waals surface area contributed by atoms with Crippen molar-refractivity contribution in [3.05, 3.63) is 154 Å². The molecule has 0 unspecified atom stereocenters. The second kappa shape index (κ2) is 8.27. The van der Waals surface area contributed by atoms with Gasteiger partial charge in [-0.05, 0) is 52.1 Å². The van der Waals surface area contributed by atoms with Gasteiger partial charge in [0.2, 0.25) is 0 Å². The Bertz CT molecular complexity index is 1490. The number of hydrogen-bond donors (Lipinski definition) is 1. The highest BCUT2D eigenvalue weighted by atomic mass is 35.5. The monoisotopic (exact) mass is 443 g/mol. The molecule has 0 bridgehead atoms. The zero-order valence-electron chi connectivity index (χ0n) is 18.0. The average Bonchev–Trinajstić information content (AvgIpc) is 3.14. The predicted octanol–water partition coefficient (Wildman–Crippen LogP) is 8.48. The van der Waals surface area contributed by atoms with Gasteiger partial charge in [0.15, 0.2) is 0 Å². The van der Waals surface area contributed by atoms with Gasteiger partial charge in [-0.1, -0.05) is 109 Å². The molecule has 158 valence electrons. The maximum absolute atomic E-state index is 6.49. The number of aromatic amines is 1. The summed E-state index contributed by atoms with van der Waals surface area (Å²) in [6.45, 7) is 0. The minimum Gasteiger partial charge on any atom is -0.354 e. The summed E-state index contributed by atoms with van der Waals surface area (Å²) in [7, 11) is 0. The van der Waals surface area contributed by atoms with Crippen molar-refractivity contribution >= 4 is 33.7 Å². The summed E-state index contributed by atoms with van der Waals surface area (Å²) in [4.78, 5) is 3.74. The minimum absolute atomic E-state index is 0.0843. The smallest absolute Gasteiger partial charge is 0.0513 e. The number of nitrogens with one attached hydrogen (secondary N) is 1. The summed E-state index contributed by atoms with van der Waals surface area (Å²) in [5.41, 5.74) is 9.56. The lowest BCUT2D eigenvalue weighted by atomic mass is 9.87. The van der Waals surface area contributed by atoms with Gasteiger partial charge in [-0.3, -0.25) is 0 Å². The van der Waals surface area contributed by atoms with Crippen LogP contribution in [-0.4, -0.2) is 4.98 Å². The number of benzene rings is 4. The van der Waals surface area contributed by atoms with Crippen LogP contribution >= 0.6 is 11.6 Å². The van der Waals surface area contributed by atoms with Gasteiger partial charge in [0.25, 0.3) is 0 Å². The van der Waals surface area contributed by atoms with Crippen molar-refractivity contribution in [1.82, 2.24) is 4.98 Å². The lowest BCUT2D eigenvalue weighted by Gasteiger charge is -2.16. The van der Waals surface area contributed by atoms with Crippen molar-refractivity contribution in [2.75, 3.05) is 0 Å². The Morgan fingerprint density at radius 1 is 0.667 bits per heavy atom. The lowest BCUT2D eigenvalue weighted by molar-refractivity contribution is 1.04. The van der Waals surface area contributed by atoms with Crippen LogP contribution in [0.1, 0.15) is 33.9 Å². The van der Waals surface area contributed by atoms with Crippen LogP contribution in [0, 0.1) is 0 Å². The topological polar surface area (TPSA) is 15.8 Å². The van der Waals surface area contributed by atoms with Crippen molar-refractivity contribution < 1.29 is 0 Å². The van der Waals surface area contributed by atoms with Crippen molar-refractivity contribution in [3.63, 3.8) is 0 Å². The molecule has 1 aliphatic rings. The molecule has 1 nitrogen and oxygen atoms in total. The molecule has 1 atom stereocenters. The van der Waals surface area contributed by atoms with Gasteiger partial charge < -0.3 is 4.98 Å². The molecule has 33 heavy (non-hydrogen) atoms. The Hall–Kier alpha value is -3.81. The first kappa shape index (κ1) is 19.8. The molecule has 1 heterocycles. The Balaban J connectivity index is 1.70. The molecule has 1 N–H and O–H groups in total. The third-order valence-corrected chi connectivity index (χ3v) is 6.61. The van der Waals surface area contributed by atoms with E-state index in [0.29, 0.717) is 0 Å². The highest BCUT2D eigenvalue weighted by Crippen LogP contribution is 2.44. The van der Waals surface area contributed by atoms with Crippen LogP contribution in [0.4, 0.5) is 0 Å². The molecule has 0 fully saturated rings. The zero-order chi connectivity index (χ0) is 22.2. The van der Waals surface area contributed by atoms with E-state index in [9.17, 15) is 0 Å². The molecule has 0 saturated heterocycles. The van der Waals surface area contributed by atoms with Gasteiger partial charge in [-0.25, -0.2) is 0 Å². The van der Waals surface area contributed by atoms with E-state index in [1.807, 2.05) is 6.07 Å². The minimum atomic E-state index is 0.0843. The third kappa shape index (κ3) is 3.61. The van der Waals surface area contributed by atoms with Gasteiger partial charge in [0.1, 0.15) is 0 Å². The number of H-pyrrole nitrogens is 1. The van der Waals surface area contributed by atoms with E-state index in [4.69, 9.17) is 11.6 Å². The first-order valence-corrected chi connectivity index (χ1v) is 11.6. The average molecular weight is 444 g/mol. The largest absolute Gasteiger partial charge is 0.354 e. The van der Waals surface area contributed by atoms with Gasteiger partial charge >= 0.3 is 0 Å². The molecule has 0 aliphatic heterocycles. The Morgan fingerprint density at radius 2 is 1.30 bits per heavy atom. The van der Waals surface area contributed by atoms with E-state index in [1.165, 1.54) is 38.8 Å². The van der Waals surface area contributed by atoms with Crippen LogP contribution in [-0.2, 0) is 0 Å². The molecule has 4 aromatic carbocycles. The number of rotatable bonds is 3. The van der Waals surface area contributed by atoms with Crippen LogP contribution in [0.25, 0.3) is 22.0 Å². The fourth-order valence-electron chi connectivity index (χ4n) is 4.84. The van der Waals surface area contributed by atoms with E-state index < -0.39 is 0 Å². The summed E-state index contributed by atoms with van der Waals surface area (Å²) in [6.07, 6.45) is 4.72. The molecule has 6 rings (SSSR count). The fraction of sp³-hybridized carbons (Fsp3) is 0.0323. The van der Waals surface area contributed by atoms with Crippen LogP contribution in [0.2, 0.25) is 5.02 Å². The normalized spacial score (nSPS) is 15.5. The van der Waals surface area contributed by atoms with Crippen LogP contribution in [0.3, 0.4) is 0 Å². The second-order valence-corrected chi connectivity index (χ2v) is 8.84. The molecular formula is C31H22ClN. The van der Waals surface area contributed by atoms with E-state index in [2.05, 4.69) is 120 Å². The summed E-state index contributed by atoms with van der Waals surface area (Å²) >= 11 is 6.49. The molecule has 5 aromatic rings. The maximum atomic E-state index is 6.49.